The largest absolute Gasteiger partial charge is 0.396 e. The fourth-order valence-corrected chi connectivity index (χ4v) is 1.89. The van der Waals surface area contributed by atoms with Gasteiger partial charge in [-0.1, -0.05) is 18.1 Å². The molecule has 72 valence electrons. The van der Waals surface area contributed by atoms with Crippen molar-refractivity contribution in [2.45, 2.75) is 38.1 Å². The van der Waals surface area contributed by atoms with E-state index in [1.807, 2.05) is 10.9 Å². The van der Waals surface area contributed by atoms with Gasteiger partial charge < -0.3 is 5.11 Å². The van der Waals surface area contributed by atoms with Gasteiger partial charge >= 0.3 is 0 Å². The van der Waals surface area contributed by atoms with Crippen molar-refractivity contribution in [3.8, 4) is 0 Å². The summed E-state index contributed by atoms with van der Waals surface area (Å²) in [6.07, 6.45) is 7.64. The second-order valence-corrected chi connectivity index (χ2v) is 3.60. The molecule has 2 rings (SSSR count). The Balaban J connectivity index is 2.03. The van der Waals surface area contributed by atoms with Gasteiger partial charge in [-0.3, -0.25) is 0 Å². The zero-order chi connectivity index (χ0) is 9.10. The minimum Gasteiger partial charge on any atom is -0.396 e. The van der Waals surface area contributed by atoms with Crippen LogP contribution in [0.4, 0.5) is 0 Å². The van der Waals surface area contributed by atoms with E-state index in [0.29, 0.717) is 12.5 Å². The Morgan fingerprint density at radius 1 is 1.46 bits per heavy atom. The van der Waals surface area contributed by atoms with Gasteiger partial charge in [0.25, 0.3) is 0 Å². The highest BCUT2D eigenvalue weighted by atomic mass is 16.3. The van der Waals surface area contributed by atoms with Gasteiger partial charge in [0.05, 0.1) is 11.7 Å². The zero-order valence-corrected chi connectivity index (χ0v) is 7.69. The Bertz CT molecular complexity index is 266. The minimum atomic E-state index is 0.156. The lowest BCUT2D eigenvalue weighted by atomic mass is 10.2. The molecule has 1 aliphatic rings. The molecule has 1 heterocycles. The SMILES string of the molecule is OCCc1cn(C2CCCC2)nn1. The second kappa shape index (κ2) is 3.87. The summed E-state index contributed by atoms with van der Waals surface area (Å²) >= 11 is 0. The average molecular weight is 181 g/mol. The molecule has 0 spiro atoms. The van der Waals surface area contributed by atoms with Gasteiger partial charge in [-0.25, -0.2) is 4.68 Å². The standard InChI is InChI=1S/C9H15N3O/c13-6-5-8-7-12(11-10-8)9-3-1-2-4-9/h7,9,13H,1-6H2. The summed E-state index contributed by atoms with van der Waals surface area (Å²) in [5, 5.41) is 16.8. The molecule has 1 aromatic heterocycles. The monoisotopic (exact) mass is 181 g/mol. The van der Waals surface area contributed by atoms with E-state index >= 15 is 0 Å². The molecule has 1 saturated carbocycles. The Morgan fingerprint density at radius 2 is 2.23 bits per heavy atom. The van der Waals surface area contributed by atoms with Crippen LogP contribution < -0.4 is 0 Å². The summed E-state index contributed by atoms with van der Waals surface area (Å²) < 4.78 is 1.96. The maximum atomic E-state index is 8.72. The predicted molar refractivity (Wildman–Crippen MR) is 48.3 cm³/mol. The lowest BCUT2D eigenvalue weighted by Gasteiger charge is -2.06. The summed E-state index contributed by atoms with van der Waals surface area (Å²) in [5.74, 6) is 0. The fourth-order valence-electron chi connectivity index (χ4n) is 1.89. The van der Waals surface area contributed by atoms with E-state index in [0.717, 1.165) is 5.69 Å². The van der Waals surface area contributed by atoms with Crippen LogP contribution >= 0.6 is 0 Å². The Hall–Kier alpha value is -0.900. The normalized spacial score (nSPS) is 18.2. The lowest BCUT2D eigenvalue weighted by molar-refractivity contribution is 0.298. The molecule has 0 unspecified atom stereocenters. The molecule has 1 aliphatic carbocycles. The van der Waals surface area contributed by atoms with Crippen molar-refractivity contribution in [3.63, 3.8) is 0 Å². The Labute approximate surface area is 77.6 Å². The number of rotatable bonds is 3. The summed E-state index contributed by atoms with van der Waals surface area (Å²) in [5.41, 5.74) is 0.898. The van der Waals surface area contributed by atoms with Gasteiger partial charge in [-0.2, -0.15) is 0 Å². The van der Waals surface area contributed by atoms with Crippen molar-refractivity contribution in [3.05, 3.63) is 11.9 Å². The van der Waals surface area contributed by atoms with Gasteiger partial charge in [0.15, 0.2) is 0 Å². The van der Waals surface area contributed by atoms with Crippen LogP contribution in [0.25, 0.3) is 0 Å². The first-order valence-electron chi connectivity index (χ1n) is 4.91. The van der Waals surface area contributed by atoms with E-state index in [-0.39, 0.29) is 6.61 Å². The van der Waals surface area contributed by atoms with Crippen molar-refractivity contribution in [1.29, 1.82) is 0 Å². The third-order valence-electron chi connectivity index (χ3n) is 2.62. The van der Waals surface area contributed by atoms with Crippen molar-refractivity contribution in [2.24, 2.45) is 0 Å². The molecule has 0 atom stereocenters. The van der Waals surface area contributed by atoms with Crippen LogP contribution in [0.2, 0.25) is 0 Å². The fraction of sp³-hybridized carbons (Fsp3) is 0.778. The van der Waals surface area contributed by atoms with E-state index in [1.165, 1.54) is 25.7 Å². The van der Waals surface area contributed by atoms with Crippen LogP contribution in [0.15, 0.2) is 6.20 Å². The summed E-state index contributed by atoms with van der Waals surface area (Å²) in [4.78, 5) is 0. The number of aromatic nitrogens is 3. The first-order chi connectivity index (χ1) is 6.40. The van der Waals surface area contributed by atoms with E-state index in [2.05, 4.69) is 10.3 Å². The lowest BCUT2D eigenvalue weighted by Crippen LogP contribution is -2.04. The topological polar surface area (TPSA) is 50.9 Å². The Morgan fingerprint density at radius 3 is 2.92 bits per heavy atom. The molecule has 4 nitrogen and oxygen atoms in total. The van der Waals surface area contributed by atoms with Gasteiger partial charge in [0.1, 0.15) is 0 Å². The summed E-state index contributed by atoms with van der Waals surface area (Å²) in [6.45, 7) is 0.156. The van der Waals surface area contributed by atoms with Crippen LogP contribution in [-0.4, -0.2) is 26.7 Å². The molecule has 0 amide bonds. The van der Waals surface area contributed by atoms with E-state index in [4.69, 9.17) is 5.11 Å². The highest BCUT2D eigenvalue weighted by Crippen LogP contribution is 2.28. The maximum Gasteiger partial charge on any atom is 0.0850 e. The molecule has 0 aromatic carbocycles. The van der Waals surface area contributed by atoms with Crippen LogP contribution in [0.1, 0.15) is 37.4 Å². The third-order valence-corrected chi connectivity index (χ3v) is 2.62. The maximum absolute atomic E-state index is 8.72. The van der Waals surface area contributed by atoms with Gasteiger partial charge in [-0.15, -0.1) is 5.10 Å². The molecule has 0 bridgehead atoms. The van der Waals surface area contributed by atoms with Crippen LogP contribution in [-0.2, 0) is 6.42 Å². The molecule has 13 heavy (non-hydrogen) atoms. The summed E-state index contributed by atoms with van der Waals surface area (Å²) in [7, 11) is 0. The second-order valence-electron chi connectivity index (χ2n) is 3.60. The number of hydrogen-bond donors (Lipinski definition) is 1. The van der Waals surface area contributed by atoms with Gasteiger partial charge in [0.2, 0.25) is 0 Å². The molecular formula is C9H15N3O. The van der Waals surface area contributed by atoms with Gasteiger partial charge in [-0.05, 0) is 12.8 Å². The first-order valence-corrected chi connectivity index (χ1v) is 4.91. The van der Waals surface area contributed by atoms with Crippen LogP contribution in [0.3, 0.4) is 0 Å². The van der Waals surface area contributed by atoms with Crippen LogP contribution in [0, 0.1) is 0 Å². The third kappa shape index (κ3) is 1.88. The molecule has 1 N–H and O–H groups in total. The number of hydrogen-bond acceptors (Lipinski definition) is 3. The molecule has 1 fully saturated rings. The highest BCUT2D eigenvalue weighted by Gasteiger charge is 2.17. The van der Waals surface area contributed by atoms with E-state index < -0.39 is 0 Å². The average Bonchev–Trinajstić information content (AvgIpc) is 2.70. The van der Waals surface area contributed by atoms with Crippen molar-refractivity contribution in [1.82, 2.24) is 15.0 Å². The number of aliphatic hydroxyl groups is 1. The Kier molecular flexibility index (Phi) is 2.59. The molecule has 4 heteroatoms. The quantitative estimate of drug-likeness (QED) is 0.754. The molecule has 0 saturated heterocycles. The van der Waals surface area contributed by atoms with E-state index in [9.17, 15) is 0 Å². The molecular weight excluding hydrogens is 166 g/mol. The molecule has 1 aromatic rings. The number of nitrogens with zero attached hydrogens (tertiary/aromatic N) is 3. The first kappa shape index (κ1) is 8.69. The van der Waals surface area contributed by atoms with Crippen molar-refractivity contribution < 1.29 is 5.11 Å². The van der Waals surface area contributed by atoms with Gasteiger partial charge in [0, 0.05) is 19.2 Å². The predicted octanol–water partition coefficient (Wildman–Crippen LogP) is 0.928. The smallest absolute Gasteiger partial charge is 0.0850 e. The number of aliphatic hydroxyl groups excluding tert-OH is 1. The zero-order valence-electron chi connectivity index (χ0n) is 7.69. The highest BCUT2D eigenvalue weighted by molar-refractivity contribution is 4.94. The molecule has 0 aliphatic heterocycles. The molecule has 0 radical (unpaired) electrons. The van der Waals surface area contributed by atoms with Crippen LogP contribution in [0.5, 0.6) is 0 Å². The van der Waals surface area contributed by atoms with Crippen molar-refractivity contribution >= 4 is 0 Å². The van der Waals surface area contributed by atoms with Crippen molar-refractivity contribution in [2.75, 3.05) is 6.61 Å². The van der Waals surface area contributed by atoms with E-state index in [1.54, 1.807) is 0 Å². The minimum absolute atomic E-state index is 0.156. The summed E-state index contributed by atoms with van der Waals surface area (Å²) in [6, 6.07) is 0.556.